The Hall–Kier alpha value is -2.89. The molecule has 140 valence electrons. The van der Waals surface area contributed by atoms with Gasteiger partial charge in [0.1, 0.15) is 18.5 Å². The van der Waals surface area contributed by atoms with Crippen molar-refractivity contribution in [1.29, 1.82) is 0 Å². The molecule has 0 aromatic heterocycles. The summed E-state index contributed by atoms with van der Waals surface area (Å²) in [5.41, 5.74) is 1.72. The Morgan fingerprint density at radius 1 is 1.19 bits per heavy atom. The van der Waals surface area contributed by atoms with Crippen LogP contribution in [0.2, 0.25) is 0 Å². The standard InChI is InChI=1S/C20H24O6/c1-6-15(11-25-14(5)21)20(24)26-13(4)16-7-8-18(22)17(10-16)19(23)9-12(2)3/h6-10,13,22H,11H2,1-5H3/b15-6-/t13-/m0/s1. The van der Waals surface area contributed by atoms with Crippen LogP contribution in [0.3, 0.4) is 0 Å². The Bertz CT molecular complexity index is 754. The molecule has 0 saturated heterocycles. The number of hydrogen-bond acceptors (Lipinski definition) is 6. The van der Waals surface area contributed by atoms with Gasteiger partial charge in [-0.05, 0) is 51.5 Å². The van der Waals surface area contributed by atoms with Gasteiger partial charge in [0.2, 0.25) is 0 Å². The van der Waals surface area contributed by atoms with Crippen molar-refractivity contribution in [3.63, 3.8) is 0 Å². The summed E-state index contributed by atoms with van der Waals surface area (Å²) in [6, 6.07) is 4.46. The van der Waals surface area contributed by atoms with E-state index in [0.29, 0.717) is 5.56 Å². The monoisotopic (exact) mass is 360 g/mol. The fourth-order valence-electron chi connectivity index (χ4n) is 2.09. The van der Waals surface area contributed by atoms with Gasteiger partial charge in [0.05, 0.1) is 11.1 Å². The second-order valence-electron chi connectivity index (χ2n) is 6.00. The predicted octanol–water partition coefficient (Wildman–Crippen LogP) is 3.65. The van der Waals surface area contributed by atoms with Crippen LogP contribution in [0.5, 0.6) is 5.75 Å². The number of hydrogen-bond donors (Lipinski definition) is 1. The first-order valence-corrected chi connectivity index (χ1v) is 8.17. The van der Waals surface area contributed by atoms with Crippen LogP contribution in [-0.4, -0.2) is 29.4 Å². The SMILES string of the molecule is C/C=C(/COC(C)=O)C(=O)O[C@@H](C)c1ccc(O)c(C(=O)C=C(C)C)c1. The van der Waals surface area contributed by atoms with Crippen LogP contribution in [0, 0.1) is 0 Å². The Morgan fingerprint density at radius 3 is 2.38 bits per heavy atom. The average molecular weight is 360 g/mol. The molecule has 1 aromatic rings. The minimum Gasteiger partial charge on any atom is -0.507 e. The van der Waals surface area contributed by atoms with E-state index in [0.717, 1.165) is 5.57 Å². The molecular formula is C20H24O6. The van der Waals surface area contributed by atoms with Crippen LogP contribution in [0.1, 0.15) is 56.6 Å². The van der Waals surface area contributed by atoms with Gasteiger partial charge in [0.25, 0.3) is 0 Å². The largest absolute Gasteiger partial charge is 0.507 e. The van der Waals surface area contributed by atoms with Crippen molar-refractivity contribution >= 4 is 17.7 Å². The molecule has 6 nitrogen and oxygen atoms in total. The zero-order valence-electron chi connectivity index (χ0n) is 15.7. The number of ketones is 1. The summed E-state index contributed by atoms with van der Waals surface area (Å²) in [7, 11) is 0. The summed E-state index contributed by atoms with van der Waals surface area (Å²) >= 11 is 0. The molecule has 1 atom stereocenters. The summed E-state index contributed by atoms with van der Waals surface area (Å²) in [5.74, 6) is -1.58. The number of rotatable bonds is 7. The molecule has 0 aliphatic carbocycles. The quantitative estimate of drug-likeness (QED) is 0.453. The van der Waals surface area contributed by atoms with Crippen LogP contribution in [0.25, 0.3) is 0 Å². The van der Waals surface area contributed by atoms with E-state index < -0.39 is 18.0 Å². The molecule has 1 aromatic carbocycles. The van der Waals surface area contributed by atoms with Gasteiger partial charge >= 0.3 is 11.9 Å². The van der Waals surface area contributed by atoms with Gasteiger partial charge in [-0.3, -0.25) is 9.59 Å². The molecule has 1 N–H and O–H groups in total. The van der Waals surface area contributed by atoms with Gasteiger partial charge in [0, 0.05) is 6.92 Å². The summed E-state index contributed by atoms with van der Waals surface area (Å²) in [4.78, 5) is 35.2. The van der Waals surface area contributed by atoms with E-state index in [-0.39, 0.29) is 29.3 Å². The third kappa shape index (κ3) is 6.20. The van der Waals surface area contributed by atoms with Crippen molar-refractivity contribution < 1.29 is 29.0 Å². The van der Waals surface area contributed by atoms with E-state index in [1.54, 1.807) is 33.8 Å². The van der Waals surface area contributed by atoms with E-state index in [2.05, 4.69) is 0 Å². The normalized spacial score (nSPS) is 12.1. The summed E-state index contributed by atoms with van der Waals surface area (Å²) in [6.45, 7) is 7.94. The molecule has 0 saturated carbocycles. The summed E-state index contributed by atoms with van der Waals surface area (Å²) in [6.07, 6.45) is 2.28. The third-order valence-electron chi connectivity index (χ3n) is 3.50. The van der Waals surface area contributed by atoms with Crippen LogP contribution in [0.4, 0.5) is 0 Å². The summed E-state index contributed by atoms with van der Waals surface area (Å²) < 4.78 is 10.2. The van der Waals surface area contributed by atoms with Crippen molar-refractivity contribution in [2.75, 3.05) is 6.61 Å². The van der Waals surface area contributed by atoms with E-state index >= 15 is 0 Å². The lowest BCUT2D eigenvalue weighted by atomic mass is 10.0. The number of carbonyl (C=O) groups excluding carboxylic acids is 3. The maximum Gasteiger partial charge on any atom is 0.337 e. The zero-order valence-corrected chi connectivity index (χ0v) is 15.7. The topological polar surface area (TPSA) is 89.9 Å². The molecule has 0 aliphatic rings. The van der Waals surface area contributed by atoms with Crippen molar-refractivity contribution in [2.45, 2.75) is 40.7 Å². The predicted molar refractivity (Wildman–Crippen MR) is 96.8 cm³/mol. The molecule has 0 amide bonds. The number of allylic oxidation sites excluding steroid dienone is 3. The fraction of sp³-hybridized carbons (Fsp3) is 0.350. The average Bonchev–Trinajstić information content (AvgIpc) is 2.54. The van der Waals surface area contributed by atoms with Gasteiger partial charge in [0.15, 0.2) is 5.78 Å². The van der Waals surface area contributed by atoms with E-state index in [1.807, 2.05) is 0 Å². The lowest BCUT2D eigenvalue weighted by Gasteiger charge is -2.16. The van der Waals surface area contributed by atoms with E-state index in [9.17, 15) is 19.5 Å². The number of aromatic hydroxyl groups is 1. The van der Waals surface area contributed by atoms with E-state index in [1.165, 1.54) is 31.2 Å². The molecule has 0 fully saturated rings. The highest BCUT2D eigenvalue weighted by atomic mass is 16.6. The first-order valence-electron chi connectivity index (χ1n) is 8.17. The van der Waals surface area contributed by atoms with Crippen LogP contribution >= 0.6 is 0 Å². The lowest BCUT2D eigenvalue weighted by Crippen LogP contribution is -2.16. The van der Waals surface area contributed by atoms with Gasteiger partial charge in [-0.15, -0.1) is 0 Å². The molecule has 0 radical (unpaired) electrons. The molecule has 0 unspecified atom stereocenters. The minimum atomic E-state index is -0.659. The molecule has 0 spiro atoms. The number of phenols is 1. The number of phenolic OH excluding ortho intramolecular Hbond substituents is 1. The van der Waals surface area contributed by atoms with Crippen molar-refractivity contribution in [3.05, 3.63) is 52.6 Å². The Kier molecular flexibility index (Phi) is 7.77. The zero-order chi connectivity index (χ0) is 19.9. The Balaban J connectivity index is 2.95. The minimum absolute atomic E-state index is 0.137. The third-order valence-corrected chi connectivity index (χ3v) is 3.50. The molecule has 0 aliphatic heterocycles. The van der Waals surface area contributed by atoms with Crippen LogP contribution < -0.4 is 0 Å². The lowest BCUT2D eigenvalue weighted by molar-refractivity contribution is -0.146. The first kappa shape index (κ1) is 21.2. The van der Waals surface area contributed by atoms with Crippen molar-refractivity contribution in [1.82, 2.24) is 0 Å². The van der Waals surface area contributed by atoms with Gasteiger partial charge in [-0.25, -0.2) is 4.79 Å². The Morgan fingerprint density at radius 2 is 1.85 bits per heavy atom. The highest BCUT2D eigenvalue weighted by Crippen LogP contribution is 2.26. The number of carbonyl (C=O) groups is 3. The number of esters is 2. The van der Waals surface area contributed by atoms with Crippen molar-refractivity contribution in [3.8, 4) is 5.75 Å². The molecular weight excluding hydrogens is 336 g/mol. The van der Waals surface area contributed by atoms with Gasteiger partial charge in [-0.2, -0.15) is 0 Å². The van der Waals surface area contributed by atoms with E-state index in [4.69, 9.17) is 9.47 Å². The molecule has 1 rings (SSSR count). The van der Waals surface area contributed by atoms with Crippen molar-refractivity contribution in [2.24, 2.45) is 0 Å². The second kappa shape index (κ2) is 9.56. The molecule has 0 bridgehead atoms. The Labute approximate surface area is 153 Å². The number of benzene rings is 1. The summed E-state index contributed by atoms with van der Waals surface area (Å²) in [5, 5.41) is 9.91. The fourth-order valence-corrected chi connectivity index (χ4v) is 2.09. The maximum absolute atomic E-state index is 12.2. The van der Waals surface area contributed by atoms with Gasteiger partial charge < -0.3 is 14.6 Å². The first-order chi connectivity index (χ1) is 12.1. The highest BCUT2D eigenvalue weighted by Gasteiger charge is 2.19. The van der Waals surface area contributed by atoms with Gasteiger partial charge in [-0.1, -0.05) is 17.7 Å². The smallest absolute Gasteiger partial charge is 0.337 e. The molecule has 6 heteroatoms. The number of ether oxygens (including phenoxy) is 2. The maximum atomic E-state index is 12.2. The molecule has 26 heavy (non-hydrogen) atoms. The van der Waals surface area contributed by atoms with Crippen LogP contribution in [-0.2, 0) is 19.1 Å². The second-order valence-corrected chi connectivity index (χ2v) is 6.00. The molecule has 0 heterocycles. The highest BCUT2D eigenvalue weighted by molar-refractivity contribution is 6.06. The van der Waals surface area contributed by atoms with Crippen LogP contribution in [0.15, 0.2) is 41.5 Å².